The number of halogens is 1. The first-order chi connectivity index (χ1) is 7.86. The Morgan fingerprint density at radius 3 is 2.69 bits per heavy atom. The van der Waals surface area contributed by atoms with Gasteiger partial charge in [0.15, 0.2) is 0 Å². The number of nitrogens with zero attached hydrogens (tertiary/aromatic N) is 2. The summed E-state index contributed by atoms with van der Waals surface area (Å²) in [6, 6.07) is 11.9. The molecule has 1 N–H and O–H groups in total. The average molecular weight is 215 g/mol. The van der Waals surface area contributed by atoms with Gasteiger partial charge in [0.2, 0.25) is 0 Å². The minimum atomic E-state index is -0.297. The normalized spacial score (nSPS) is 10.6. The highest BCUT2D eigenvalue weighted by atomic mass is 19.1. The second-order valence-corrected chi connectivity index (χ2v) is 3.11. The molecule has 0 atom stereocenters. The minimum absolute atomic E-state index is 0.297. The molecule has 4 heteroatoms. The molecule has 1 aromatic heterocycles. The molecule has 0 aliphatic heterocycles. The Morgan fingerprint density at radius 1 is 1.12 bits per heavy atom. The van der Waals surface area contributed by atoms with E-state index >= 15 is 0 Å². The zero-order valence-electron chi connectivity index (χ0n) is 8.47. The molecular formula is C12H10FN3. The van der Waals surface area contributed by atoms with Crippen LogP contribution in [0.1, 0.15) is 5.56 Å². The van der Waals surface area contributed by atoms with E-state index in [0.29, 0.717) is 11.4 Å². The van der Waals surface area contributed by atoms with Crippen LogP contribution in [0, 0.1) is 5.82 Å². The highest BCUT2D eigenvalue weighted by Gasteiger charge is 1.95. The lowest BCUT2D eigenvalue weighted by Gasteiger charge is -1.98. The smallest absolute Gasteiger partial charge is 0.146 e. The van der Waals surface area contributed by atoms with Crippen LogP contribution >= 0.6 is 0 Å². The third-order valence-corrected chi connectivity index (χ3v) is 1.95. The van der Waals surface area contributed by atoms with Crippen molar-refractivity contribution < 1.29 is 4.39 Å². The van der Waals surface area contributed by atoms with Gasteiger partial charge in [-0.3, -0.25) is 5.43 Å². The summed E-state index contributed by atoms with van der Waals surface area (Å²) in [6.07, 6.45) is 3.07. The van der Waals surface area contributed by atoms with Gasteiger partial charge in [-0.2, -0.15) is 5.10 Å². The van der Waals surface area contributed by atoms with E-state index in [9.17, 15) is 4.39 Å². The van der Waals surface area contributed by atoms with E-state index in [0.717, 1.165) is 0 Å². The average Bonchev–Trinajstić information content (AvgIpc) is 2.33. The van der Waals surface area contributed by atoms with E-state index < -0.39 is 0 Å². The molecule has 2 aromatic rings. The van der Waals surface area contributed by atoms with Crippen molar-refractivity contribution in [3.05, 3.63) is 60.0 Å². The summed E-state index contributed by atoms with van der Waals surface area (Å²) >= 11 is 0. The summed E-state index contributed by atoms with van der Waals surface area (Å²) in [5.41, 5.74) is 3.15. The number of pyridine rings is 1. The molecule has 0 saturated heterocycles. The van der Waals surface area contributed by atoms with Crippen molar-refractivity contribution in [2.75, 3.05) is 5.43 Å². The molecule has 0 aliphatic rings. The van der Waals surface area contributed by atoms with Gasteiger partial charge in [0, 0.05) is 11.8 Å². The third kappa shape index (κ3) is 2.63. The van der Waals surface area contributed by atoms with E-state index in [4.69, 9.17) is 0 Å². The van der Waals surface area contributed by atoms with Crippen LogP contribution in [0.4, 0.5) is 10.2 Å². The Hall–Kier alpha value is -2.23. The quantitative estimate of drug-likeness (QED) is 0.631. The van der Waals surface area contributed by atoms with Gasteiger partial charge in [-0.1, -0.05) is 24.3 Å². The minimum Gasteiger partial charge on any atom is -0.261 e. The van der Waals surface area contributed by atoms with Crippen LogP contribution < -0.4 is 5.43 Å². The lowest BCUT2D eigenvalue weighted by molar-refractivity contribution is 0.626. The molecule has 16 heavy (non-hydrogen) atoms. The fourth-order valence-electron chi connectivity index (χ4n) is 1.18. The van der Waals surface area contributed by atoms with Crippen molar-refractivity contribution in [1.29, 1.82) is 0 Å². The topological polar surface area (TPSA) is 37.3 Å². The monoisotopic (exact) mass is 215 g/mol. The number of anilines is 1. The number of nitrogens with one attached hydrogen (secondary N) is 1. The van der Waals surface area contributed by atoms with Crippen molar-refractivity contribution in [2.45, 2.75) is 0 Å². The second-order valence-electron chi connectivity index (χ2n) is 3.11. The molecule has 2 rings (SSSR count). The Labute approximate surface area is 92.7 Å². The van der Waals surface area contributed by atoms with Gasteiger partial charge < -0.3 is 0 Å². The zero-order valence-corrected chi connectivity index (χ0v) is 8.47. The Kier molecular flexibility index (Phi) is 3.23. The van der Waals surface area contributed by atoms with Crippen LogP contribution in [0.2, 0.25) is 0 Å². The van der Waals surface area contributed by atoms with Crippen molar-refractivity contribution >= 4 is 12.0 Å². The summed E-state index contributed by atoms with van der Waals surface area (Å²) in [4.78, 5) is 4.01. The van der Waals surface area contributed by atoms with E-state index in [1.807, 2.05) is 12.1 Å². The summed E-state index contributed by atoms with van der Waals surface area (Å²) < 4.78 is 13.2. The number of benzene rings is 1. The van der Waals surface area contributed by atoms with Gasteiger partial charge in [-0.05, 0) is 18.2 Å². The predicted molar refractivity (Wildman–Crippen MR) is 61.9 cm³/mol. The zero-order chi connectivity index (χ0) is 11.2. The van der Waals surface area contributed by atoms with Crippen LogP contribution in [0.3, 0.4) is 0 Å². The second kappa shape index (κ2) is 5.02. The number of rotatable bonds is 3. The van der Waals surface area contributed by atoms with Gasteiger partial charge in [0.05, 0.1) is 6.21 Å². The molecule has 0 aliphatic carbocycles. The van der Waals surface area contributed by atoms with Crippen LogP contribution in [-0.2, 0) is 0 Å². The molecule has 0 unspecified atom stereocenters. The maximum atomic E-state index is 13.2. The highest BCUT2D eigenvalue weighted by Crippen LogP contribution is 2.04. The molecule has 80 valence electrons. The van der Waals surface area contributed by atoms with E-state index in [1.165, 1.54) is 12.3 Å². The van der Waals surface area contributed by atoms with Gasteiger partial charge in [-0.15, -0.1) is 0 Å². The van der Waals surface area contributed by atoms with Gasteiger partial charge >= 0.3 is 0 Å². The Bertz CT molecular complexity index is 483. The van der Waals surface area contributed by atoms with E-state index in [2.05, 4.69) is 15.5 Å². The first kappa shape index (κ1) is 10.3. The Balaban J connectivity index is 2.03. The number of aromatic nitrogens is 1. The fourth-order valence-corrected chi connectivity index (χ4v) is 1.18. The largest absolute Gasteiger partial charge is 0.261 e. The van der Waals surface area contributed by atoms with E-state index in [1.54, 1.807) is 30.5 Å². The molecular weight excluding hydrogens is 205 g/mol. The van der Waals surface area contributed by atoms with Gasteiger partial charge in [0.1, 0.15) is 11.6 Å². The molecule has 0 spiro atoms. The maximum absolute atomic E-state index is 13.2. The number of hydrogen-bond donors (Lipinski definition) is 1. The fraction of sp³-hybridized carbons (Fsp3) is 0. The highest BCUT2D eigenvalue weighted by molar-refractivity contribution is 5.80. The first-order valence-electron chi connectivity index (χ1n) is 4.81. The lowest BCUT2D eigenvalue weighted by Crippen LogP contribution is -1.94. The predicted octanol–water partition coefficient (Wildman–Crippen LogP) is 2.67. The molecule has 0 bridgehead atoms. The standard InChI is InChI=1S/C12H10FN3/c13-11-6-2-1-5-10(11)9-15-16-12-7-3-4-8-14-12/h1-9H,(H,14,16)/b15-9+. The lowest BCUT2D eigenvalue weighted by atomic mass is 10.2. The van der Waals surface area contributed by atoms with Crippen molar-refractivity contribution in [2.24, 2.45) is 5.10 Å². The molecule has 3 nitrogen and oxygen atoms in total. The number of hydrazone groups is 1. The van der Waals surface area contributed by atoms with Gasteiger partial charge in [0.25, 0.3) is 0 Å². The van der Waals surface area contributed by atoms with Crippen LogP contribution in [0.5, 0.6) is 0 Å². The molecule has 1 aromatic carbocycles. The molecule has 0 fully saturated rings. The van der Waals surface area contributed by atoms with Crippen molar-refractivity contribution in [3.8, 4) is 0 Å². The van der Waals surface area contributed by atoms with Gasteiger partial charge in [-0.25, -0.2) is 9.37 Å². The Morgan fingerprint density at radius 2 is 1.94 bits per heavy atom. The first-order valence-corrected chi connectivity index (χ1v) is 4.81. The maximum Gasteiger partial charge on any atom is 0.146 e. The van der Waals surface area contributed by atoms with Crippen LogP contribution in [0.25, 0.3) is 0 Å². The molecule has 0 radical (unpaired) electrons. The summed E-state index contributed by atoms with van der Waals surface area (Å²) in [5, 5.41) is 3.90. The summed E-state index contributed by atoms with van der Waals surface area (Å²) in [7, 11) is 0. The van der Waals surface area contributed by atoms with Crippen molar-refractivity contribution in [1.82, 2.24) is 4.98 Å². The SMILES string of the molecule is Fc1ccccc1/C=N/Nc1ccccn1. The molecule has 1 heterocycles. The van der Waals surface area contributed by atoms with E-state index in [-0.39, 0.29) is 5.82 Å². The third-order valence-electron chi connectivity index (χ3n) is 1.95. The van der Waals surface area contributed by atoms with Crippen LogP contribution in [0.15, 0.2) is 53.8 Å². The van der Waals surface area contributed by atoms with Crippen molar-refractivity contribution in [3.63, 3.8) is 0 Å². The van der Waals surface area contributed by atoms with Crippen LogP contribution in [-0.4, -0.2) is 11.2 Å². The summed E-state index contributed by atoms with van der Waals surface area (Å²) in [5.74, 6) is 0.323. The summed E-state index contributed by atoms with van der Waals surface area (Å²) in [6.45, 7) is 0. The molecule has 0 amide bonds. The number of hydrogen-bond acceptors (Lipinski definition) is 3. The molecule has 0 saturated carbocycles.